The summed E-state index contributed by atoms with van der Waals surface area (Å²) in [6.07, 6.45) is 2.72. The Hall–Kier alpha value is -4.32. The molecule has 0 heterocycles. The fourth-order valence-corrected chi connectivity index (χ4v) is 4.69. The third kappa shape index (κ3) is 6.21. The highest BCUT2D eigenvalue weighted by molar-refractivity contribution is 5.43. The Balaban J connectivity index is 1.70. The second-order valence-electron chi connectivity index (χ2n) is 9.22. The van der Waals surface area contributed by atoms with Gasteiger partial charge in [0.25, 0.3) is 0 Å². The van der Waals surface area contributed by atoms with Crippen LogP contribution in [0.2, 0.25) is 0 Å². The van der Waals surface area contributed by atoms with E-state index in [1.165, 1.54) is 12.1 Å². The number of aromatic hydroxyl groups is 6. The molecule has 36 heavy (non-hydrogen) atoms. The van der Waals surface area contributed by atoms with Crippen molar-refractivity contribution in [3.8, 4) is 34.5 Å². The molecule has 0 fully saturated rings. The van der Waals surface area contributed by atoms with Crippen LogP contribution < -0.4 is 0 Å². The monoisotopic (exact) mass is 486 g/mol. The van der Waals surface area contributed by atoms with Gasteiger partial charge < -0.3 is 30.6 Å². The van der Waals surface area contributed by atoms with Crippen molar-refractivity contribution in [2.24, 2.45) is 5.92 Å². The van der Waals surface area contributed by atoms with Gasteiger partial charge in [0.05, 0.1) is 0 Å². The number of benzene rings is 4. The van der Waals surface area contributed by atoms with E-state index in [1.807, 2.05) is 24.3 Å². The Morgan fingerprint density at radius 3 is 1.47 bits per heavy atom. The number of hydrogen-bond acceptors (Lipinski definition) is 6. The molecule has 6 N–H and O–H groups in total. The summed E-state index contributed by atoms with van der Waals surface area (Å²) < 4.78 is 0. The number of phenolic OH excluding ortho intramolecular Hbond substituents is 6. The standard InChI is InChI=1S/C30H30O6/c31-24-9-2-19(3-10-24)1-6-23(15-20-4-13-27(33)29(35)17-20)26(22-7-11-25(32)12-8-22)16-21-5-14-28(34)30(36)18-21/h2-5,7-14,17-18,23,26,31-36H,1,6,15-16H2/t23-,26+/m0/s1. The molecular weight excluding hydrogens is 456 g/mol. The summed E-state index contributed by atoms with van der Waals surface area (Å²) in [6, 6.07) is 23.9. The van der Waals surface area contributed by atoms with Crippen LogP contribution in [0.15, 0.2) is 84.9 Å². The molecule has 6 heteroatoms. The lowest BCUT2D eigenvalue weighted by Gasteiger charge is -2.29. The molecule has 4 aromatic carbocycles. The Morgan fingerprint density at radius 2 is 0.944 bits per heavy atom. The molecule has 2 atom stereocenters. The topological polar surface area (TPSA) is 121 Å². The molecule has 4 rings (SSSR count). The number of phenols is 6. The molecule has 0 radical (unpaired) electrons. The first-order valence-corrected chi connectivity index (χ1v) is 11.9. The van der Waals surface area contributed by atoms with Gasteiger partial charge in [-0.15, -0.1) is 0 Å². The van der Waals surface area contributed by atoms with E-state index in [2.05, 4.69) is 0 Å². The van der Waals surface area contributed by atoms with E-state index in [-0.39, 0.29) is 46.3 Å². The van der Waals surface area contributed by atoms with Gasteiger partial charge in [0.1, 0.15) is 11.5 Å². The van der Waals surface area contributed by atoms with E-state index in [9.17, 15) is 30.6 Å². The number of hydrogen-bond donors (Lipinski definition) is 6. The van der Waals surface area contributed by atoms with Crippen LogP contribution in [0, 0.1) is 5.92 Å². The van der Waals surface area contributed by atoms with Crippen molar-refractivity contribution in [1.29, 1.82) is 0 Å². The van der Waals surface area contributed by atoms with E-state index in [0.29, 0.717) is 12.8 Å². The molecule has 0 amide bonds. The highest BCUT2D eigenvalue weighted by Crippen LogP contribution is 2.38. The van der Waals surface area contributed by atoms with E-state index < -0.39 is 0 Å². The fraction of sp³-hybridized carbons (Fsp3) is 0.200. The molecular formula is C30H30O6. The molecule has 186 valence electrons. The Kier molecular flexibility index (Phi) is 7.54. The number of aryl methyl sites for hydroxylation is 1. The van der Waals surface area contributed by atoms with Crippen LogP contribution >= 0.6 is 0 Å². The maximum Gasteiger partial charge on any atom is 0.157 e. The first-order valence-electron chi connectivity index (χ1n) is 11.9. The van der Waals surface area contributed by atoms with Crippen LogP contribution in [0.4, 0.5) is 0 Å². The van der Waals surface area contributed by atoms with E-state index >= 15 is 0 Å². The van der Waals surface area contributed by atoms with Crippen LogP contribution in [-0.2, 0) is 19.3 Å². The summed E-state index contributed by atoms with van der Waals surface area (Å²) in [6.45, 7) is 0. The smallest absolute Gasteiger partial charge is 0.157 e. The first-order chi connectivity index (χ1) is 17.3. The zero-order chi connectivity index (χ0) is 25.7. The summed E-state index contributed by atoms with van der Waals surface area (Å²) >= 11 is 0. The lowest BCUT2D eigenvalue weighted by atomic mass is 9.76. The molecule has 0 aliphatic heterocycles. The van der Waals surface area contributed by atoms with Crippen molar-refractivity contribution >= 4 is 0 Å². The van der Waals surface area contributed by atoms with Gasteiger partial charge in [0.2, 0.25) is 0 Å². The van der Waals surface area contributed by atoms with Gasteiger partial charge in [-0.25, -0.2) is 0 Å². The van der Waals surface area contributed by atoms with Gasteiger partial charge in [0.15, 0.2) is 23.0 Å². The van der Waals surface area contributed by atoms with E-state index in [0.717, 1.165) is 35.1 Å². The van der Waals surface area contributed by atoms with Crippen LogP contribution in [0.5, 0.6) is 34.5 Å². The van der Waals surface area contributed by atoms with E-state index in [4.69, 9.17) is 0 Å². The lowest BCUT2D eigenvalue weighted by molar-refractivity contribution is 0.381. The van der Waals surface area contributed by atoms with Gasteiger partial charge in [-0.2, -0.15) is 0 Å². The van der Waals surface area contributed by atoms with Gasteiger partial charge in [0, 0.05) is 0 Å². The quantitative estimate of drug-likeness (QED) is 0.168. The molecule has 0 saturated carbocycles. The van der Waals surface area contributed by atoms with Crippen molar-refractivity contribution in [2.45, 2.75) is 31.6 Å². The second kappa shape index (κ2) is 11.0. The zero-order valence-electron chi connectivity index (χ0n) is 19.7. The highest BCUT2D eigenvalue weighted by Gasteiger charge is 2.25. The SMILES string of the molecule is Oc1ccc(CC[C@@H](Cc2ccc(O)c(O)c2)[C@H](Cc2ccc(O)c(O)c2)c2ccc(O)cc2)cc1. The van der Waals surface area contributed by atoms with Gasteiger partial charge in [-0.1, -0.05) is 36.4 Å². The summed E-state index contributed by atoms with van der Waals surface area (Å²) in [5.41, 5.74) is 3.82. The molecule has 0 aromatic heterocycles. The minimum absolute atomic E-state index is 0.0254. The average molecular weight is 487 g/mol. The zero-order valence-corrected chi connectivity index (χ0v) is 19.7. The Labute approximate surface area is 210 Å². The molecule has 0 spiro atoms. The van der Waals surface area contributed by atoms with Crippen molar-refractivity contribution < 1.29 is 30.6 Å². The highest BCUT2D eigenvalue weighted by atomic mass is 16.3. The summed E-state index contributed by atoms with van der Waals surface area (Å²) in [5.74, 6) is -0.272. The summed E-state index contributed by atoms with van der Waals surface area (Å²) in [4.78, 5) is 0. The Morgan fingerprint density at radius 1 is 0.472 bits per heavy atom. The molecule has 4 aromatic rings. The van der Waals surface area contributed by atoms with Gasteiger partial charge >= 0.3 is 0 Å². The summed E-state index contributed by atoms with van der Waals surface area (Å²) in [7, 11) is 0. The van der Waals surface area contributed by atoms with Crippen molar-refractivity contribution in [1.82, 2.24) is 0 Å². The third-order valence-electron chi connectivity index (χ3n) is 6.66. The summed E-state index contributed by atoms with van der Waals surface area (Å²) in [5, 5.41) is 59.2. The lowest BCUT2D eigenvalue weighted by Crippen LogP contribution is -2.19. The molecule has 0 saturated heterocycles. The normalized spacial score (nSPS) is 12.8. The molecule has 0 unspecified atom stereocenters. The van der Waals surface area contributed by atoms with E-state index in [1.54, 1.807) is 48.5 Å². The second-order valence-corrected chi connectivity index (χ2v) is 9.22. The fourth-order valence-electron chi connectivity index (χ4n) is 4.69. The van der Waals surface area contributed by atoms with Crippen molar-refractivity contribution in [3.63, 3.8) is 0 Å². The number of rotatable bonds is 9. The maximum absolute atomic E-state index is 10.1. The van der Waals surface area contributed by atoms with Crippen LogP contribution in [0.25, 0.3) is 0 Å². The van der Waals surface area contributed by atoms with Crippen LogP contribution in [0.3, 0.4) is 0 Å². The van der Waals surface area contributed by atoms with Crippen molar-refractivity contribution in [2.75, 3.05) is 0 Å². The third-order valence-corrected chi connectivity index (χ3v) is 6.66. The van der Waals surface area contributed by atoms with Crippen molar-refractivity contribution in [3.05, 3.63) is 107 Å². The average Bonchev–Trinajstić information content (AvgIpc) is 2.86. The Bertz CT molecular complexity index is 1300. The minimum atomic E-state index is -0.180. The molecule has 0 aliphatic carbocycles. The molecule has 0 bridgehead atoms. The minimum Gasteiger partial charge on any atom is -0.508 e. The van der Waals surface area contributed by atoms with Crippen LogP contribution in [0.1, 0.15) is 34.6 Å². The largest absolute Gasteiger partial charge is 0.508 e. The molecule has 6 nitrogen and oxygen atoms in total. The predicted octanol–water partition coefficient (Wildman–Crippen LogP) is 5.74. The maximum atomic E-state index is 10.1. The molecule has 0 aliphatic rings. The first kappa shape index (κ1) is 24.8. The van der Waals surface area contributed by atoms with Gasteiger partial charge in [-0.3, -0.25) is 0 Å². The van der Waals surface area contributed by atoms with Gasteiger partial charge in [-0.05, 0) is 108 Å². The predicted molar refractivity (Wildman–Crippen MR) is 138 cm³/mol. The van der Waals surface area contributed by atoms with Crippen LogP contribution in [-0.4, -0.2) is 30.6 Å².